The molecule has 0 bridgehead atoms. The second kappa shape index (κ2) is 9.56. The fourth-order valence-electron chi connectivity index (χ4n) is 2.90. The molecule has 0 aliphatic carbocycles. The maximum atomic E-state index is 12.4. The van der Waals surface area contributed by atoms with Gasteiger partial charge in [0.25, 0.3) is 0 Å². The van der Waals surface area contributed by atoms with Crippen LogP contribution in [0.1, 0.15) is 55.9 Å². The minimum Gasteiger partial charge on any atom is -0.341 e. The number of aromatic nitrogens is 1. The molecular formula is C20H25NO3S. The summed E-state index contributed by atoms with van der Waals surface area (Å²) in [7, 11) is 1.93. The Hall–Kier alpha value is -1.88. The van der Waals surface area contributed by atoms with Crippen molar-refractivity contribution in [2.24, 2.45) is 7.05 Å². The number of rotatable bonds is 10. The summed E-state index contributed by atoms with van der Waals surface area (Å²) in [6.07, 6.45) is 4.63. The summed E-state index contributed by atoms with van der Waals surface area (Å²) in [6, 6.07) is 9.96. The van der Waals surface area contributed by atoms with Crippen LogP contribution in [0.3, 0.4) is 0 Å². The first-order valence-corrected chi connectivity index (χ1v) is 9.70. The van der Waals surface area contributed by atoms with Gasteiger partial charge in [0, 0.05) is 37.7 Å². The molecule has 0 aliphatic rings. The molecule has 5 heteroatoms. The van der Waals surface area contributed by atoms with E-state index in [4.69, 9.17) is 0 Å². The molecule has 0 spiro atoms. The van der Waals surface area contributed by atoms with E-state index in [0.717, 1.165) is 54.0 Å². The van der Waals surface area contributed by atoms with Crippen LogP contribution in [0.4, 0.5) is 0 Å². The van der Waals surface area contributed by atoms with Gasteiger partial charge in [-0.1, -0.05) is 42.8 Å². The third kappa shape index (κ3) is 5.85. The second-order valence-electron chi connectivity index (χ2n) is 6.30. The van der Waals surface area contributed by atoms with E-state index in [1.54, 1.807) is 0 Å². The van der Waals surface area contributed by atoms with Gasteiger partial charge in [0.1, 0.15) is 5.78 Å². The molecule has 0 aliphatic heterocycles. The average molecular weight is 359 g/mol. The average Bonchev–Trinajstić information content (AvgIpc) is 2.93. The number of nitrogens with zero attached hydrogens (tertiary/aromatic N) is 1. The van der Waals surface area contributed by atoms with Gasteiger partial charge in [-0.15, -0.1) is 0 Å². The van der Waals surface area contributed by atoms with Crippen molar-refractivity contribution in [1.29, 1.82) is 0 Å². The first-order valence-electron chi connectivity index (χ1n) is 8.71. The molecule has 134 valence electrons. The monoisotopic (exact) mass is 359 g/mol. The fourth-order valence-corrected chi connectivity index (χ4v) is 3.41. The molecule has 0 N–H and O–H groups in total. The molecule has 2 aromatic rings. The number of hydrogen-bond donors (Lipinski definition) is 0. The first-order chi connectivity index (χ1) is 12.0. The van der Waals surface area contributed by atoms with E-state index >= 15 is 0 Å². The van der Waals surface area contributed by atoms with Crippen molar-refractivity contribution in [3.05, 3.63) is 36.0 Å². The number of benzene rings is 1. The van der Waals surface area contributed by atoms with Crippen LogP contribution in [0.15, 0.2) is 30.3 Å². The van der Waals surface area contributed by atoms with Crippen molar-refractivity contribution in [2.75, 3.05) is 5.75 Å². The Bertz CT molecular complexity index is 763. The van der Waals surface area contributed by atoms with E-state index in [-0.39, 0.29) is 22.4 Å². The first kappa shape index (κ1) is 19.4. The summed E-state index contributed by atoms with van der Waals surface area (Å²) < 4.78 is 1.96. The molecule has 0 saturated heterocycles. The Morgan fingerprint density at radius 2 is 1.68 bits per heavy atom. The summed E-state index contributed by atoms with van der Waals surface area (Å²) in [5.74, 6) is 0.592. The number of unbranched alkanes of at least 4 members (excludes halogenated alkanes) is 3. The summed E-state index contributed by atoms with van der Waals surface area (Å²) in [5, 5.41) is 1.08. The number of ketones is 2. The lowest BCUT2D eigenvalue weighted by Crippen LogP contribution is -2.05. The third-order valence-corrected chi connectivity index (χ3v) is 5.16. The van der Waals surface area contributed by atoms with Gasteiger partial charge in [-0.05, 0) is 25.0 Å². The van der Waals surface area contributed by atoms with Crippen molar-refractivity contribution >= 4 is 39.3 Å². The zero-order chi connectivity index (χ0) is 18.2. The molecule has 0 unspecified atom stereocenters. The van der Waals surface area contributed by atoms with Crippen LogP contribution in [0.2, 0.25) is 0 Å². The van der Waals surface area contributed by atoms with Gasteiger partial charge in [-0.25, -0.2) is 0 Å². The minimum atomic E-state index is -0.0137. The molecule has 1 aromatic carbocycles. The molecule has 2 rings (SSSR count). The highest BCUT2D eigenvalue weighted by Gasteiger charge is 2.12. The fraction of sp³-hybridized carbons (Fsp3) is 0.450. The molecule has 1 heterocycles. The zero-order valence-electron chi connectivity index (χ0n) is 14.9. The number of fused-ring (bicyclic) bond motifs is 1. The standard InChI is InChI=1S/C20H25NO3S/c1-15(22)25-14-17(23)10-5-3-4-6-12-20(24)19-13-16-9-7-8-11-18(16)21(19)2/h7-9,11,13H,3-6,10,12,14H2,1-2H3. The van der Waals surface area contributed by atoms with Gasteiger partial charge in [0.2, 0.25) is 0 Å². The lowest BCUT2D eigenvalue weighted by atomic mass is 10.1. The zero-order valence-corrected chi connectivity index (χ0v) is 15.7. The van der Waals surface area contributed by atoms with Crippen LogP contribution in [0.25, 0.3) is 10.9 Å². The largest absolute Gasteiger partial charge is 0.341 e. The number of hydrogen-bond acceptors (Lipinski definition) is 4. The number of carbonyl (C=O) groups is 3. The molecule has 25 heavy (non-hydrogen) atoms. The third-order valence-electron chi connectivity index (χ3n) is 4.28. The quantitative estimate of drug-likeness (QED) is 0.461. The summed E-state index contributed by atoms with van der Waals surface area (Å²) in [6.45, 7) is 1.48. The topological polar surface area (TPSA) is 56.1 Å². The number of carbonyl (C=O) groups excluding carboxylic acids is 3. The molecular weight excluding hydrogens is 334 g/mol. The molecule has 0 fully saturated rings. The van der Waals surface area contributed by atoms with E-state index in [0.29, 0.717) is 12.8 Å². The normalized spacial score (nSPS) is 11.0. The molecule has 0 atom stereocenters. The molecule has 4 nitrogen and oxygen atoms in total. The maximum Gasteiger partial charge on any atom is 0.186 e. The molecule has 1 aromatic heterocycles. The van der Waals surface area contributed by atoms with E-state index in [1.165, 1.54) is 6.92 Å². The van der Waals surface area contributed by atoms with Gasteiger partial charge in [0.15, 0.2) is 10.9 Å². The number of para-hydroxylation sites is 1. The molecule has 0 radical (unpaired) electrons. The molecule has 0 amide bonds. The SMILES string of the molecule is CC(=O)SCC(=O)CCCCCCC(=O)c1cc2ccccc2n1C. The predicted molar refractivity (Wildman–Crippen MR) is 103 cm³/mol. The Kier molecular flexibility index (Phi) is 7.44. The van der Waals surface area contributed by atoms with E-state index in [9.17, 15) is 14.4 Å². The van der Waals surface area contributed by atoms with Gasteiger partial charge < -0.3 is 4.57 Å². The minimum absolute atomic E-state index is 0.0137. The number of aryl methyl sites for hydroxylation is 1. The lowest BCUT2D eigenvalue weighted by Gasteiger charge is -2.04. The lowest BCUT2D eigenvalue weighted by molar-refractivity contribution is -0.117. The summed E-state index contributed by atoms with van der Waals surface area (Å²) in [5.41, 5.74) is 1.84. The van der Waals surface area contributed by atoms with Crippen molar-refractivity contribution < 1.29 is 14.4 Å². The van der Waals surface area contributed by atoms with E-state index in [1.807, 2.05) is 41.9 Å². The van der Waals surface area contributed by atoms with E-state index in [2.05, 4.69) is 0 Å². The maximum absolute atomic E-state index is 12.4. The van der Waals surface area contributed by atoms with Crippen molar-refractivity contribution in [2.45, 2.75) is 45.4 Å². The van der Waals surface area contributed by atoms with E-state index < -0.39 is 0 Å². The van der Waals surface area contributed by atoms with Crippen LogP contribution < -0.4 is 0 Å². The number of thioether (sulfide) groups is 1. The second-order valence-corrected chi connectivity index (χ2v) is 7.46. The smallest absolute Gasteiger partial charge is 0.186 e. The highest BCUT2D eigenvalue weighted by Crippen LogP contribution is 2.20. The van der Waals surface area contributed by atoms with Crippen LogP contribution >= 0.6 is 11.8 Å². The molecule has 0 saturated carbocycles. The Labute approximate surface area is 153 Å². The van der Waals surface area contributed by atoms with Gasteiger partial charge >= 0.3 is 0 Å². The van der Waals surface area contributed by atoms with Crippen LogP contribution in [0, 0.1) is 0 Å². The highest BCUT2D eigenvalue weighted by atomic mass is 32.2. The Balaban J connectivity index is 1.68. The van der Waals surface area contributed by atoms with Crippen molar-refractivity contribution in [3.8, 4) is 0 Å². The summed E-state index contributed by atoms with van der Waals surface area (Å²) >= 11 is 1.08. The number of Topliss-reactive ketones (excluding diaryl/α,β-unsaturated/α-hetero) is 2. The van der Waals surface area contributed by atoms with Gasteiger partial charge in [0.05, 0.1) is 11.4 Å². The Morgan fingerprint density at radius 1 is 1.00 bits per heavy atom. The van der Waals surface area contributed by atoms with Crippen LogP contribution in [0.5, 0.6) is 0 Å². The van der Waals surface area contributed by atoms with Crippen LogP contribution in [-0.4, -0.2) is 27.0 Å². The van der Waals surface area contributed by atoms with Crippen molar-refractivity contribution in [1.82, 2.24) is 4.57 Å². The predicted octanol–water partition coefficient (Wildman–Crippen LogP) is 4.55. The van der Waals surface area contributed by atoms with Gasteiger partial charge in [-0.2, -0.15) is 0 Å². The summed E-state index contributed by atoms with van der Waals surface area (Å²) in [4.78, 5) is 34.8. The van der Waals surface area contributed by atoms with Gasteiger partial charge in [-0.3, -0.25) is 14.4 Å². The highest BCUT2D eigenvalue weighted by molar-refractivity contribution is 8.14. The van der Waals surface area contributed by atoms with Crippen LogP contribution in [-0.2, 0) is 16.6 Å². The van der Waals surface area contributed by atoms with Crippen molar-refractivity contribution in [3.63, 3.8) is 0 Å². The Morgan fingerprint density at radius 3 is 2.36 bits per heavy atom.